The van der Waals surface area contributed by atoms with Crippen LogP contribution in [0.4, 0.5) is 4.79 Å². The number of amides is 2. The number of piperidine rings is 1. The third kappa shape index (κ3) is 2.56. The molecular weight excluding hydrogens is 240 g/mol. The van der Waals surface area contributed by atoms with E-state index in [0.717, 1.165) is 0 Å². The van der Waals surface area contributed by atoms with Gasteiger partial charge in [-0.15, -0.1) is 0 Å². The Labute approximate surface area is 105 Å². The molecule has 18 heavy (non-hydrogen) atoms. The van der Waals surface area contributed by atoms with Gasteiger partial charge in [0.25, 0.3) is 0 Å². The van der Waals surface area contributed by atoms with Crippen molar-refractivity contribution in [1.82, 2.24) is 10.2 Å². The number of carboxylic acid groups (broad SMARTS) is 1. The highest BCUT2D eigenvalue weighted by atomic mass is 16.5. The quantitative estimate of drug-likeness (QED) is 0.614. The van der Waals surface area contributed by atoms with Gasteiger partial charge >= 0.3 is 12.0 Å². The fraction of sp³-hybridized carbons (Fsp3) is 0.818. The van der Waals surface area contributed by atoms with Crippen molar-refractivity contribution >= 4 is 12.0 Å². The van der Waals surface area contributed by atoms with Crippen molar-refractivity contribution in [2.24, 2.45) is 0 Å². The lowest BCUT2D eigenvalue weighted by atomic mass is 9.99. The molecule has 0 aromatic carbocycles. The van der Waals surface area contributed by atoms with E-state index in [1.807, 2.05) is 0 Å². The van der Waals surface area contributed by atoms with Crippen molar-refractivity contribution in [3.05, 3.63) is 0 Å². The molecule has 0 bridgehead atoms. The molecule has 7 nitrogen and oxygen atoms in total. The summed E-state index contributed by atoms with van der Waals surface area (Å²) in [5.74, 6) is -1.06. The first kappa shape index (κ1) is 13.1. The Morgan fingerprint density at radius 2 is 2.00 bits per heavy atom. The predicted octanol–water partition coefficient (Wildman–Crippen LogP) is -0.604. The Balaban J connectivity index is 1.95. The lowest BCUT2D eigenvalue weighted by Gasteiger charge is -2.33. The van der Waals surface area contributed by atoms with Gasteiger partial charge in [-0.2, -0.15) is 0 Å². The van der Waals surface area contributed by atoms with Gasteiger partial charge in [-0.1, -0.05) is 0 Å². The number of nitrogens with one attached hydrogen (secondary N) is 1. The van der Waals surface area contributed by atoms with Crippen LogP contribution in [0.3, 0.4) is 0 Å². The first-order valence-corrected chi connectivity index (χ1v) is 6.10. The van der Waals surface area contributed by atoms with Gasteiger partial charge in [0, 0.05) is 26.1 Å². The van der Waals surface area contributed by atoms with E-state index < -0.39 is 17.5 Å². The Morgan fingerprint density at radius 1 is 1.33 bits per heavy atom. The molecule has 1 unspecified atom stereocenters. The van der Waals surface area contributed by atoms with Crippen LogP contribution in [-0.2, 0) is 9.53 Å². The standard InChI is InChI=1S/C11H18N2O5/c14-8-1-4-13(5-2-8)10(17)12-11(9(15)16)3-6-18-7-11/h8,14H,1-7H2,(H,12,17)(H,15,16). The summed E-state index contributed by atoms with van der Waals surface area (Å²) in [6.45, 7) is 1.24. The van der Waals surface area contributed by atoms with Crippen LogP contribution in [0.25, 0.3) is 0 Å². The molecule has 2 aliphatic rings. The van der Waals surface area contributed by atoms with Crippen molar-refractivity contribution in [3.8, 4) is 0 Å². The molecule has 0 aromatic rings. The summed E-state index contributed by atoms with van der Waals surface area (Å²) in [5.41, 5.74) is -1.30. The topological polar surface area (TPSA) is 99.1 Å². The maximum atomic E-state index is 12.0. The number of carboxylic acids is 1. The van der Waals surface area contributed by atoms with E-state index in [-0.39, 0.29) is 19.1 Å². The number of ether oxygens (including phenoxy) is 1. The van der Waals surface area contributed by atoms with Crippen LogP contribution >= 0.6 is 0 Å². The number of hydrogen-bond acceptors (Lipinski definition) is 4. The zero-order chi connectivity index (χ0) is 13.2. The molecule has 2 heterocycles. The molecule has 102 valence electrons. The van der Waals surface area contributed by atoms with E-state index >= 15 is 0 Å². The summed E-state index contributed by atoms with van der Waals surface area (Å²) in [7, 11) is 0. The first-order valence-electron chi connectivity index (χ1n) is 6.10. The average molecular weight is 258 g/mol. The molecule has 0 saturated carbocycles. The van der Waals surface area contributed by atoms with Crippen molar-refractivity contribution in [2.45, 2.75) is 30.9 Å². The van der Waals surface area contributed by atoms with E-state index in [2.05, 4.69) is 5.32 Å². The molecule has 0 spiro atoms. The van der Waals surface area contributed by atoms with Gasteiger partial charge in [0.2, 0.25) is 0 Å². The van der Waals surface area contributed by atoms with E-state index in [1.54, 1.807) is 0 Å². The Bertz CT molecular complexity index is 332. The number of aliphatic hydroxyl groups is 1. The van der Waals surface area contributed by atoms with Gasteiger partial charge in [0.1, 0.15) is 0 Å². The monoisotopic (exact) mass is 258 g/mol. The summed E-state index contributed by atoms with van der Waals surface area (Å²) in [4.78, 5) is 24.8. The van der Waals surface area contributed by atoms with Crippen LogP contribution in [0.5, 0.6) is 0 Å². The lowest BCUT2D eigenvalue weighted by Crippen LogP contribution is -2.59. The molecule has 0 radical (unpaired) electrons. The number of aliphatic carboxylic acids is 1. The minimum absolute atomic E-state index is 0.00450. The van der Waals surface area contributed by atoms with Crippen molar-refractivity contribution in [2.75, 3.05) is 26.3 Å². The minimum atomic E-state index is -1.30. The van der Waals surface area contributed by atoms with Gasteiger partial charge in [0.15, 0.2) is 5.54 Å². The summed E-state index contributed by atoms with van der Waals surface area (Å²) < 4.78 is 5.07. The molecule has 0 aromatic heterocycles. The number of hydrogen-bond donors (Lipinski definition) is 3. The first-order chi connectivity index (χ1) is 8.53. The Kier molecular flexibility index (Phi) is 3.72. The van der Waals surface area contributed by atoms with E-state index in [4.69, 9.17) is 4.74 Å². The van der Waals surface area contributed by atoms with Gasteiger partial charge in [-0.3, -0.25) is 0 Å². The molecule has 0 aliphatic carbocycles. The van der Waals surface area contributed by atoms with Crippen LogP contribution in [-0.4, -0.2) is 65.1 Å². The Hall–Kier alpha value is -1.34. The third-order valence-electron chi connectivity index (χ3n) is 3.53. The molecular formula is C11H18N2O5. The normalized spacial score (nSPS) is 29.3. The largest absolute Gasteiger partial charge is 0.479 e. The summed E-state index contributed by atoms with van der Waals surface area (Å²) >= 11 is 0. The summed E-state index contributed by atoms with van der Waals surface area (Å²) in [5, 5.41) is 21.1. The van der Waals surface area contributed by atoms with E-state index in [1.165, 1.54) is 4.90 Å². The number of carbonyl (C=O) groups is 2. The molecule has 1 atom stereocenters. The number of rotatable bonds is 2. The van der Waals surface area contributed by atoms with E-state index in [0.29, 0.717) is 32.5 Å². The zero-order valence-electron chi connectivity index (χ0n) is 10.1. The second-order valence-corrected chi connectivity index (χ2v) is 4.84. The smallest absolute Gasteiger partial charge is 0.332 e. The van der Waals surface area contributed by atoms with Crippen molar-refractivity contribution in [3.63, 3.8) is 0 Å². The second-order valence-electron chi connectivity index (χ2n) is 4.84. The number of carbonyl (C=O) groups excluding carboxylic acids is 1. The summed E-state index contributed by atoms with van der Waals surface area (Å²) in [6, 6.07) is -0.394. The fourth-order valence-corrected chi connectivity index (χ4v) is 2.24. The van der Waals surface area contributed by atoms with Crippen molar-refractivity contribution in [1.29, 1.82) is 0 Å². The van der Waals surface area contributed by atoms with Gasteiger partial charge in [-0.05, 0) is 12.8 Å². The molecule has 2 rings (SSSR count). The van der Waals surface area contributed by atoms with Gasteiger partial charge in [-0.25, -0.2) is 9.59 Å². The van der Waals surface area contributed by atoms with Crippen LogP contribution < -0.4 is 5.32 Å². The maximum absolute atomic E-state index is 12.0. The van der Waals surface area contributed by atoms with Gasteiger partial charge < -0.3 is 25.2 Å². The second kappa shape index (κ2) is 5.11. The number of aliphatic hydroxyl groups excluding tert-OH is 1. The lowest BCUT2D eigenvalue weighted by molar-refractivity contribution is -0.144. The minimum Gasteiger partial charge on any atom is -0.479 e. The van der Waals surface area contributed by atoms with Crippen LogP contribution in [0.2, 0.25) is 0 Å². The van der Waals surface area contributed by atoms with Crippen molar-refractivity contribution < 1.29 is 24.5 Å². The molecule has 2 aliphatic heterocycles. The molecule has 2 fully saturated rings. The Morgan fingerprint density at radius 3 is 2.50 bits per heavy atom. The molecule has 2 amide bonds. The van der Waals surface area contributed by atoms with Gasteiger partial charge in [0.05, 0.1) is 12.7 Å². The van der Waals surface area contributed by atoms with Crippen LogP contribution in [0.15, 0.2) is 0 Å². The number of likely N-dealkylation sites (tertiary alicyclic amines) is 1. The SMILES string of the molecule is O=C(NC1(C(=O)O)CCOC1)N1CCC(O)CC1. The highest BCUT2D eigenvalue weighted by Gasteiger charge is 2.44. The molecule has 2 saturated heterocycles. The number of nitrogens with zero attached hydrogens (tertiary/aromatic N) is 1. The highest BCUT2D eigenvalue weighted by molar-refractivity contribution is 5.86. The molecule has 3 N–H and O–H groups in total. The fourth-order valence-electron chi connectivity index (χ4n) is 2.24. The average Bonchev–Trinajstić information content (AvgIpc) is 2.79. The summed E-state index contributed by atoms with van der Waals surface area (Å²) in [6.07, 6.45) is 0.982. The van der Waals surface area contributed by atoms with Crippen LogP contribution in [0, 0.1) is 0 Å². The molecule has 7 heteroatoms. The zero-order valence-corrected chi connectivity index (χ0v) is 10.1. The number of urea groups is 1. The van der Waals surface area contributed by atoms with Crippen LogP contribution in [0.1, 0.15) is 19.3 Å². The highest BCUT2D eigenvalue weighted by Crippen LogP contribution is 2.20. The maximum Gasteiger partial charge on any atom is 0.332 e. The van der Waals surface area contributed by atoms with E-state index in [9.17, 15) is 19.8 Å². The predicted molar refractivity (Wildman–Crippen MR) is 61.1 cm³/mol. The third-order valence-corrected chi connectivity index (χ3v) is 3.53.